The van der Waals surface area contributed by atoms with E-state index in [4.69, 9.17) is 16.3 Å². The van der Waals surface area contributed by atoms with Gasteiger partial charge in [-0.05, 0) is 43.2 Å². The van der Waals surface area contributed by atoms with E-state index in [2.05, 4.69) is 15.2 Å². The Kier molecular flexibility index (Phi) is 5.56. The van der Waals surface area contributed by atoms with Crippen molar-refractivity contribution in [2.24, 2.45) is 0 Å². The number of aryl methyl sites for hydroxylation is 2. The molecule has 0 bridgehead atoms. The molecular formula is C19H22ClN3O2. The molecule has 2 heterocycles. The molecule has 2 aromatic rings. The maximum atomic E-state index is 12.4. The van der Waals surface area contributed by atoms with Crippen LogP contribution in [0.25, 0.3) is 0 Å². The molecule has 132 valence electrons. The van der Waals surface area contributed by atoms with Crippen LogP contribution >= 0.6 is 11.6 Å². The fourth-order valence-electron chi connectivity index (χ4n) is 2.97. The SMILES string of the molecule is Cc1cc(N2CCOCC2)nc(C)c1NC(=O)Cc1cccc(Cl)c1. The number of halogens is 1. The van der Waals surface area contributed by atoms with Crippen molar-refractivity contribution in [3.8, 4) is 0 Å². The highest BCUT2D eigenvalue weighted by Crippen LogP contribution is 2.24. The van der Waals surface area contributed by atoms with Crippen LogP contribution in [-0.2, 0) is 16.0 Å². The van der Waals surface area contributed by atoms with E-state index in [1.165, 1.54) is 0 Å². The summed E-state index contributed by atoms with van der Waals surface area (Å²) in [7, 11) is 0. The largest absolute Gasteiger partial charge is 0.378 e. The Morgan fingerprint density at radius 3 is 2.72 bits per heavy atom. The molecule has 1 fully saturated rings. The van der Waals surface area contributed by atoms with Crippen molar-refractivity contribution in [1.82, 2.24) is 4.98 Å². The van der Waals surface area contributed by atoms with Gasteiger partial charge in [-0.15, -0.1) is 0 Å². The molecule has 5 nitrogen and oxygen atoms in total. The third kappa shape index (κ3) is 4.50. The molecule has 0 aliphatic carbocycles. The molecule has 0 spiro atoms. The highest BCUT2D eigenvalue weighted by atomic mass is 35.5. The van der Waals surface area contributed by atoms with Crippen molar-refractivity contribution < 1.29 is 9.53 Å². The molecule has 0 unspecified atom stereocenters. The molecule has 0 saturated carbocycles. The van der Waals surface area contributed by atoms with E-state index in [1.54, 1.807) is 12.1 Å². The van der Waals surface area contributed by atoms with Gasteiger partial charge in [0.2, 0.25) is 5.91 Å². The van der Waals surface area contributed by atoms with E-state index < -0.39 is 0 Å². The Hall–Kier alpha value is -2.11. The van der Waals surface area contributed by atoms with E-state index in [1.807, 2.05) is 32.0 Å². The zero-order valence-corrected chi connectivity index (χ0v) is 15.3. The normalized spacial score (nSPS) is 14.4. The third-order valence-electron chi connectivity index (χ3n) is 4.24. The minimum atomic E-state index is -0.0746. The van der Waals surface area contributed by atoms with Crippen molar-refractivity contribution >= 4 is 29.0 Å². The van der Waals surface area contributed by atoms with Gasteiger partial charge < -0.3 is 15.0 Å². The third-order valence-corrected chi connectivity index (χ3v) is 4.47. The lowest BCUT2D eigenvalue weighted by atomic mass is 10.1. The van der Waals surface area contributed by atoms with E-state index in [0.717, 1.165) is 54.6 Å². The number of morpholine rings is 1. The number of hydrogen-bond acceptors (Lipinski definition) is 4. The first-order chi connectivity index (χ1) is 12.0. The fraction of sp³-hybridized carbons (Fsp3) is 0.368. The zero-order valence-electron chi connectivity index (χ0n) is 14.5. The number of carbonyl (C=O) groups excluding carboxylic acids is 1. The van der Waals surface area contributed by atoms with E-state index in [-0.39, 0.29) is 12.3 Å². The highest BCUT2D eigenvalue weighted by molar-refractivity contribution is 6.30. The monoisotopic (exact) mass is 359 g/mol. The Bertz CT molecular complexity index is 750. The van der Waals surface area contributed by atoms with Crippen LogP contribution < -0.4 is 10.2 Å². The minimum absolute atomic E-state index is 0.0746. The van der Waals surface area contributed by atoms with Gasteiger partial charge in [0.15, 0.2) is 0 Å². The molecule has 1 aliphatic heterocycles. The summed E-state index contributed by atoms with van der Waals surface area (Å²) in [5, 5.41) is 3.62. The maximum Gasteiger partial charge on any atom is 0.228 e. The van der Waals surface area contributed by atoms with Gasteiger partial charge in [0.1, 0.15) is 5.82 Å². The second-order valence-electron chi connectivity index (χ2n) is 6.21. The number of ether oxygens (including phenoxy) is 1. The van der Waals surface area contributed by atoms with E-state index in [0.29, 0.717) is 5.02 Å². The van der Waals surface area contributed by atoms with Crippen LogP contribution in [0.15, 0.2) is 30.3 Å². The number of benzene rings is 1. The van der Waals surface area contributed by atoms with Crippen molar-refractivity contribution in [2.45, 2.75) is 20.3 Å². The summed E-state index contributed by atoms with van der Waals surface area (Å²) in [6.07, 6.45) is 0.282. The van der Waals surface area contributed by atoms with E-state index >= 15 is 0 Å². The zero-order chi connectivity index (χ0) is 17.8. The van der Waals surface area contributed by atoms with Gasteiger partial charge in [0, 0.05) is 18.1 Å². The second-order valence-corrected chi connectivity index (χ2v) is 6.65. The number of pyridine rings is 1. The number of anilines is 2. The van der Waals surface area contributed by atoms with Gasteiger partial charge in [0.25, 0.3) is 0 Å². The summed E-state index contributed by atoms with van der Waals surface area (Å²) < 4.78 is 5.39. The molecule has 0 radical (unpaired) electrons. The topological polar surface area (TPSA) is 54.5 Å². The lowest BCUT2D eigenvalue weighted by Crippen LogP contribution is -2.37. The molecule has 1 amide bonds. The van der Waals surface area contributed by atoms with Crippen molar-refractivity contribution in [3.63, 3.8) is 0 Å². The molecule has 1 aliphatic rings. The van der Waals surface area contributed by atoms with Gasteiger partial charge in [-0.2, -0.15) is 0 Å². The van der Waals surface area contributed by atoms with Gasteiger partial charge in [0.05, 0.1) is 31.0 Å². The summed E-state index contributed by atoms with van der Waals surface area (Å²) in [5.74, 6) is 0.862. The summed E-state index contributed by atoms with van der Waals surface area (Å²) in [4.78, 5) is 19.3. The van der Waals surface area contributed by atoms with Crippen molar-refractivity contribution in [2.75, 3.05) is 36.5 Å². The van der Waals surface area contributed by atoms with Gasteiger partial charge >= 0.3 is 0 Å². The van der Waals surface area contributed by atoms with Gasteiger partial charge in [-0.3, -0.25) is 4.79 Å². The number of nitrogens with zero attached hydrogens (tertiary/aromatic N) is 2. The van der Waals surface area contributed by atoms with Crippen LogP contribution in [0.1, 0.15) is 16.8 Å². The molecular weight excluding hydrogens is 338 g/mol. The molecule has 1 aromatic carbocycles. The summed E-state index contributed by atoms with van der Waals surface area (Å²) in [6, 6.07) is 9.37. The second kappa shape index (κ2) is 7.85. The van der Waals surface area contributed by atoms with Crippen LogP contribution in [-0.4, -0.2) is 37.2 Å². The summed E-state index contributed by atoms with van der Waals surface area (Å²) in [5.41, 5.74) is 3.50. The average molecular weight is 360 g/mol. The van der Waals surface area contributed by atoms with Crippen LogP contribution in [0.2, 0.25) is 5.02 Å². The number of carbonyl (C=O) groups is 1. The Balaban J connectivity index is 1.72. The van der Waals surface area contributed by atoms with Crippen LogP contribution in [0.5, 0.6) is 0 Å². The first kappa shape index (κ1) is 17.7. The molecule has 3 rings (SSSR count). The molecule has 6 heteroatoms. The fourth-order valence-corrected chi connectivity index (χ4v) is 3.18. The highest BCUT2D eigenvalue weighted by Gasteiger charge is 2.16. The standard InChI is InChI=1S/C19H22ClN3O2/c1-13-10-17(23-6-8-25-9-7-23)21-14(2)19(13)22-18(24)12-15-4-3-5-16(20)11-15/h3-5,10-11H,6-9,12H2,1-2H3,(H,22,24). The van der Waals surface area contributed by atoms with Crippen LogP contribution in [0, 0.1) is 13.8 Å². The number of rotatable bonds is 4. The molecule has 25 heavy (non-hydrogen) atoms. The maximum absolute atomic E-state index is 12.4. The van der Waals surface area contributed by atoms with Crippen molar-refractivity contribution in [3.05, 3.63) is 52.2 Å². The molecule has 1 saturated heterocycles. The Morgan fingerprint density at radius 1 is 1.28 bits per heavy atom. The summed E-state index contributed by atoms with van der Waals surface area (Å²) >= 11 is 5.97. The van der Waals surface area contributed by atoms with Crippen LogP contribution in [0.4, 0.5) is 11.5 Å². The number of amides is 1. The van der Waals surface area contributed by atoms with Gasteiger partial charge in [-0.25, -0.2) is 4.98 Å². The first-order valence-corrected chi connectivity index (χ1v) is 8.76. The molecule has 1 aromatic heterocycles. The van der Waals surface area contributed by atoms with E-state index in [9.17, 15) is 4.79 Å². The Morgan fingerprint density at radius 2 is 2.04 bits per heavy atom. The predicted molar refractivity (Wildman–Crippen MR) is 101 cm³/mol. The Labute approximate surface area is 153 Å². The lowest BCUT2D eigenvalue weighted by Gasteiger charge is -2.28. The lowest BCUT2D eigenvalue weighted by molar-refractivity contribution is -0.115. The van der Waals surface area contributed by atoms with Crippen molar-refractivity contribution in [1.29, 1.82) is 0 Å². The molecule has 1 N–H and O–H groups in total. The predicted octanol–water partition coefficient (Wildman–Crippen LogP) is 3.37. The smallest absolute Gasteiger partial charge is 0.228 e. The number of aromatic nitrogens is 1. The van der Waals surface area contributed by atoms with Gasteiger partial charge in [-0.1, -0.05) is 23.7 Å². The average Bonchev–Trinajstić information content (AvgIpc) is 2.59. The first-order valence-electron chi connectivity index (χ1n) is 8.38. The minimum Gasteiger partial charge on any atom is -0.378 e. The summed E-state index contributed by atoms with van der Waals surface area (Å²) in [6.45, 7) is 7.04. The molecule has 0 atom stereocenters. The van der Waals surface area contributed by atoms with Crippen LogP contribution in [0.3, 0.4) is 0 Å². The quantitative estimate of drug-likeness (QED) is 0.909. The number of nitrogens with one attached hydrogen (secondary N) is 1. The number of hydrogen-bond donors (Lipinski definition) is 1.